The van der Waals surface area contributed by atoms with Crippen molar-refractivity contribution in [1.29, 1.82) is 0 Å². The second kappa shape index (κ2) is 6.88. The number of amides is 1. The van der Waals surface area contributed by atoms with E-state index >= 15 is 0 Å². The average Bonchev–Trinajstić information content (AvgIpc) is 3.02. The summed E-state index contributed by atoms with van der Waals surface area (Å²) in [5.41, 5.74) is 3.47. The SMILES string of the molecule is CC(=O)N[C@H]1CCN(c2ccc(-c3cncc(C(=O)O)n3)cc2C)C1. The Balaban J connectivity index is 1.81. The molecule has 0 aliphatic carbocycles. The Morgan fingerprint density at radius 1 is 1.32 bits per heavy atom. The van der Waals surface area contributed by atoms with Gasteiger partial charge in [0.15, 0.2) is 5.69 Å². The standard InChI is InChI=1S/C18H20N4O3/c1-11-7-13(15-8-19-9-16(21-15)18(24)25)3-4-17(11)22-6-5-14(10-22)20-12(2)23/h3-4,7-9,14H,5-6,10H2,1-2H3,(H,20,23)(H,24,25)/t14-/m0/s1. The molecule has 1 aromatic heterocycles. The fraction of sp³-hybridized carbons (Fsp3) is 0.333. The van der Waals surface area contributed by atoms with Crippen molar-refractivity contribution < 1.29 is 14.7 Å². The van der Waals surface area contributed by atoms with Crippen LogP contribution in [0.15, 0.2) is 30.6 Å². The summed E-state index contributed by atoms with van der Waals surface area (Å²) in [6.07, 6.45) is 3.72. The number of aromatic nitrogens is 2. The van der Waals surface area contributed by atoms with Crippen LogP contribution in [0.5, 0.6) is 0 Å². The van der Waals surface area contributed by atoms with Crippen molar-refractivity contribution in [2.24, 2.45) is 0 Å². The van der Waals surface area contributed by atoms with Crippen molar-refractivity contribution in [2.75, 3.05) is 18.0 Å². The van der Waals surface area contributed by atoms with E-state index in [9.17, 15) is 9.59 Å². The van der Waals surface area contributed by atoms with Gasteiger partial charge in [0.05, 0.1) is 18.1 Å². The molecule has 0 saturated carbocycles. The first-order valence-electron chi connectivity index (χ1n) is 8.12. The van der Waals surface area contributed by atoms with Crippen LogP contribution in [0.2, 0.25) is 0 Å². The zero-order valence-corrected chi connectivity index (χ0v) is 14.2. The number of carboxylic acids is 1. The summed E-state index contributed by atoms with van der Waals surface area (Å²) in [6.45, 7) is 5.22. The Kier molecular flexibility index (Phi) is 4.65. The highest BCUT2D eigenvalue weighted by Gasteiger charge is 2.24. The van der Waals surface area contributed by atoms with Crippen LogP contribution >= 0.6 is 0 Å². The van der Waals surface area contributed by atoms with Crippen molar-refractivity contribution in [3.8, 4) is 11.3 Å². The van der Waals surface area contributed by atoms with Gasteiger partial charge >= 0.3 is 5.97 Å². The van der Waals surface area contributed by atoms with Gasteiger partial charge in [0.25, 0.3) is 0 Å². The van der Waals surface area contributed by atoms with Gasteiger partial charge in [-0.3, -0.25) is 9.78 Å². The number of hydrogen-bond donors (Lipinski definition) is 2. The normalized spacial score (nSPS) is 16.7. The van der Waals surface area contributed by atoms with Gasteiger partial charge in [0.2, 0.25) is 5.91 Å². The second-order valence-electron chi connectivity index (χ2n) is 6.23. The molecule has 1 saturated heterocycles. The van der Waals surface area contributed by atoms with Gasteiger partial charge in [-0.05, 0) is 31.0 Å². The summed E-state index contributed by atoms with van der Waals surface area (Å²) >= 11 is 0. The Labute approximate surface area is 145 Å². The number of nitrogens with one attached hydrogen (secondary N) is 1. The Morgan fingerprint density at radius 2 is 2.12 bits per heavy atom. The summed E-state index contributed by atoms with van der Waals surface area (Å²) in [7, 11) is 0. The summed E-state index contributed by atoms with van der Waals surface area (Å²) in [5, 5.41) is 12.0. The van der Waals surface area contributed by atoms with Gasteiger partial charge < -0.3 is 15.3 Å². The maximum atomic E-state index is 11.2. The van der Waals surface area contributed by atoms with Crippen molar-refractivity contribution in [1.82, 2.24) is 15.3 Å². The summed E-state index contributed by atoms with van der Waals surface area (Å²) in [6, 6.07) is 6.09. The molecule has 7 heteroatoms. The highest BCUT2D eigenvalue weighted by atomic mass is 16.4. The molecule has 2 N–H and O–H groups in total. The van der Waals surface area contributed by atoms with Crippen LogP contribution in [0, 0.1) is 6.92 Å². The zero-order valence-electron chi connectivity index (χ0n) is 14.2. The van der Waals surface area contributed by atoms with E-state index in [0.717, 1.165) is 36.3 Å². The predicted octanol–water partition coefficient (Wildman–Crippen LogP) is 1.87. The van der Waals surface area contributed by atoms with Crippen LogP contribution in [0.4, 0.5) is 5.69 Å². The maximum absolute atomic E-state index is 11.2. The monoisotopic (exact) mass is 340 g/mol. The van der Waals surface area contributed by atoms with E-state index in [4.69, 9.17) is 5.11 Å². The molecule has 0 unspecified atom stereocenters. The number of hydrogen-bond acceptors (Lipinski definition) is 5. The number of aromatic carboxylic acids is 1. The van der Waals surface area contributed by atoms with E-state index < -0.39 is 5.97 Å². The molecule has 130 valence electrons. The lowest BCUT2D eigenvalue weighted by atomic mass is 10.1. The second-order valence-corrected chi connectivity index (χ2v) is 6.23. The van der Waals surface area contributed by atoms with Crippen molar-refractivity contribution >= 4 is 17.6 Å². The van der Waals surface area contributed by atoms with Crippen LogP contribution < -0.4 is 10.2 Å². The molecule has 1 aliphatic rings. The van der Waals surface area contributed by atoms with E-state index in [0.29, 0.717) is 5.69 Å². The minimum atomic E-state index is -1.09. The fourth-order valence-electron chi connectivity index (χ4n) is 3.16. The van der Waals surface area contributed by atoms with Crippen LogP contribution in [-0.4, -0.2) is 46.1 Å². The van der Waals surface area contributed by atoms with E-state index in [1.165, 1.54) is 13.1 Å². The Bertz CT molecular complexity index is 822. The number of nitrogens with zero attached hydrogens (tertiary/aromatic N) is 3. The lowest BCUT2D eigenvalue weighted by Crippen LogP contribution is -2.35. The largest absolute Gasteiger partial charge is 0.476 e. The van der Waals surface area contributed by atoms with Crippen LogP contribution in [0.25, 0.3) is 11.3 Å². The first kappa shape index (κ1) is 16.9. The number of carbonyl (C=O) groups excluding carboxylic acids is 1. The Morgan fingerprint density at radius 3 is 2.80 bits per heavy atom. The molecule has 1 aromatic carbocycles. The molecular formula is C18H20N4O3. The highest BCUT2D eigenvalue weighted by Crippen LogP contribution is 2.28. The molecule has 0 radical (unpaired) electrons. The topological polar surface area (TPSA) is 95.4 Å². The number of rotatable bonds is 4. The fourth-order valence-corrected chi connectivity index (χ4v) is 3.16. The first-order chi connectivity index (χ1) is 11.9. The lowest BCUT2D eigenvalue weighted by molar-refractivity contribution is -0.119. The van der Waals surface area contributed by atoms with Crippen molar-refractivity contribution in [2.45, 2.75) is 26.3 Å². The summed E-state index contributed by atoms with van der Waals surface area (Å²) in [5.74, 6) is -1.10. The average molecular weight is 340 g/mol. The lowest BCUT2D eigenvalue weighted by Gasteiger charge is -2.21. The summed E-state index contributed by atoms with van der Waals surface area (Å²) in [4.78, 5) is 32.6. The first-order valence-corrected chi connectivity index (χ1v) is 8.12. The molecule has 0 bridgehead atoms. The van der Waals surface area contributed by atoms with Gasteiger partial charge in [0, 0.05) is 37.3 Å². The number of carbonyl (C=O) groups is 2. The molecule has 1 aliphatic heterocycles. The van der Waals surface area contributed by atoms with E-state index in [2.05, 4.69) is 20.2 Å². The van der Waals surface area contributed by atoms with Gasteiger partial charge in [-0.25, -0.2) is 9.78 Å². The third kappa shape index (κ3) is 3.76. The third-order valence-electron chi connectivity index (χ3n) is 4.28. The molecule has 3 rings (SSSR count). The van der Waals surface area contributed by atoms with E-state index in [1.54, 1.807) is 6.20 Å². The molecule has 0 spiro atoms. The Hall–Kier alpha value is -2.96. The number of aryl methyl sites for hydroxylation is 1. The molecule has 25 heavy (non-hydrogen) atoms. The van der Waals surface area contributed by atoms with Gasteiger partial charge in [-0.2, -0.15) is 0 Å². The summed E-state index contributed by atoms with van der Waals surface area (Å²) < 4.78 is 0. The molecule has 1 atom stereocenters. The number of benzene rings is 1. The maximum Gasteiger partial charge on any atom is 0.356 e. The third-order valence-corrected chi connectivity index (χ3v) is 4.28. The zero-order chi connectivity index (χ0) is 18.0. The minimum absolute atomic E-state index is 0.00388. The molecule has 2 aromatic rings. The molecule has 2 heterocycles. The van der Waals surface area contributed by atoms with Gasteiger partial charge in [-0.15, -0.1) is 0 Å². The molecular weight excluding hydrogens is 320 g/mol. The van der Waals surface area contributed by atoms with Crippen LogP contribution in [-0.2, 0) is 4.79 Å². The van der Waals surface area contributed by atoms with Crippen molar-refractivity contribution in [3.63, 3.8) is 0 Å². The van der Waals surface area contributed by atoms with Crippen molar-refractivity contribution in [3.05, 3.63) is 41.9 Å². The molecule has 1 fully saturated rings. The minimum Gasteiger partial charge on any atom is -0.476 e. The van der Waals surface area contributed by atoms with Gasteiger partial charge in [-0.1, -0.05) is 6.07 Å². The van der Waals surface area contributed by atoms with Crippen LogP contribution in [0.1, 0.15) is 29.4 Å². The predicted molar refractivity (Wildman–Crippen MR) is 93.6 cm³/mol. The van der Waals surface area contributed by atoms with E-state index in [-0.39, 0.29) is 17.6 Å². The van der Waals surface area contributed by atoms with E-state index in [1.807, 2.05) is 25.1 Å². The highest BCUT2D eigenvalue weighted by molar-refractivity contribution is 5.85. The number of carboxylic acid groups (broad SMARTS) is 1. The van der Waals surface area contributed by atoms with Gasteiger partial charge in [0.1, 0.15) is 0 Å². The number of anilines is 1. The molecule has 7 nitrogen and oxygen atoms in total. The molecule has 1 amide bonds. The smallest absolute Gasteiger partial charge is 0.356 e. The quantitative estimate of drug-likeness (QED) is 0.882. The van der Waals surface area contributed by atoms with Crippen LogP contribution in [0.3, 0.4) is 0 Å².